The lowest BCUT2D eigenvalue weighted by Crippen LogP contribution is -2.18. The minimum Gasteiger partial charge on any atom is -0.444 e. The maximum atomic E-state index is 13.8. The molecule has 1 amide bonds. The summed E-state index contributed by atoms with van der Waals surface area (Å²) < 4.78 is 44.7. The van der Waals surface area contributed by atoms with Gasteiger partial charge in [0.25, 0.3) is 0 Å². The number of amides is 1. The van der Waals surface area contributed by atoms with E-state index in [9.17, 15) is 17.6 Å². The van der Waals surface area contributed by atoms with Gasteiger partial charge in [0.1, 0.15) is 12.4 Å². The highest BCUT2D eigenvalue weighted by molar-refractivity contribution is 7.92. The summed E-state index contributed by atoms with van der Waals surface area (Å²) in [5, 5.41) is 10.9. The normalized spacial score (nSPS) is 11.0. The van der Waals surface area contributed by atoms with Crippen molar-refractivity contribution in [2.24, 2.45) is 0 Å². The zero-order valence-electron chi connectivity index (χ0n) is 13.8. The molecule has 0 saturated carbocycles. The second kappa shape index (κ2) is 9.16. The van der Waals surface area contributed by atoms with E-state index in [4.69, 9.17) is 9.84 Å². The molecule has 3 N–H and O–H groups in total. The van der Waals surface area contributed by atoms with Gasteiger partial charge in [-0.15, -0.1) is 0 Å². The van der Waals surface area contributed by atoms with Crippen LogP contribution in [0.1, 0.15) is 12.0 Å². The van der Waals surface area contributed by atoms with E-state index in [1.54, 1.807) is 24.3 Å². The zero-order valence-corrected chi connectivity index (χ0v) is 14.6. The number of aliphatic hydroxyl groups excluding tert-OH is 1. The molecular formula is C17H19FN2O5S. The Labute approximate surface area is 150 Å². The summed E-state index contributed by atoms with van der Waals surface area (Å²) in [5.74, 6) is -1.01. The van der Waals surface area contributed by atoms with Gasteiger partial charge in [0.05, 0.1) is 17.1 Å². The monoisotopic (exact) mass is 382 g/mol. The Hall–Kier alpha value is -2.65. The molecule has 7 nitrogen and oxygen atoms in total. The fourth-order valence-electron chi connectivity index (χ4n) is 2.04. The highest BCUT2D eigenvalue weighted by Gasteiger charge is 2.13. The number of aliphatic hydroxyl groups is 1. The lowest BCUT2D eigenvalue weighted by molar-refractivity contribution is 0.155. The average molecular weight is 382 g/mol. The number of hydrogen-bond acceptors (Lipinski definition) is 5. The lowest BCUT2D eigenvalue weighted by Gasteiger charge is -2.11. The van der Waals surface area contributed by atoms with Crippen molar-refractivity contribution in [3.63, 3.8) is 0 Å². The van der Waals surface area contributed by atoms with Crippen LogP contribution in [0.4, 0.5) is 20.6 Å². The van der Waals surface area contributed by atoms with Crippen molar-refractivity contribution in [1.82, 2.24) is 0 Å². The first-order valence-electron chi connectivity index (χ1n) is 7.78. The fraction of sp³-hybridized carbons (Fsp3) is 0.235. The maximum Gasteiger partial charge on any atom is 0.412 e. The molecule has 0 bridgehead atoms. The first-order chi connectivity index (χ1) is 12.4. The van der Waals surface area contributed by atoms with Crippen LogP contribution in [0.25, 0.3) is 0 Å². The van der Waals surface area contributed by atoms with Crippen LogP contribution < -0.4 is 10.0 Å². The molecule has 0 saturated heterocycles. The first kappa shape index (κ1) is 19.7. The van der Waals surface area contributed by atoms with Crippen molar-refractivity contribution in [2.45, 2.75) is 13.0 Å². The quantitative estimate of drug-likeness (QED) is 0.651. The second-order valence-electron chi connectivity index (χ2n) is 5.38. The Morgan fingerprint density at radius 2 is 1.88 bits per heavy atom. The standard InChI is InChI=1S/C17H19FN2O5S/c18-15-8-7-14(20-26(23,24)10-4-9-21)11-16(15)19-17(22)25-12-13-5-2-1-3-6-13/h1-3,5-8,11,20-21H,4,9-10,12H2,(H,19,22). The van der Waals surface area contributed by atoms with Crippen molar-refractivity contribution in [2.75, 3.05) is 22.4 Å². The van der Waals surface area contributed by atoms with Gasteiger partial charge in [-0.3, -0.25) is 10.0 Å². The second-order valence-corrected chi connectivity index (χ2v) is 7.22. The molecule has 2 aromatic carbocycles. The van der Waals surface area contributed by atoms with Gasteiger partial charge in [-0.25, -0.2) is 17.6 Å². The van der Waals surface area contributed by atoms with E-state index in [0.717, 1.165) is 17.7 Å². The lowest BCUT2D eigenvalue weighted by atomic mass is 10.2. The summed E-state index contributed by atoms with van der Waals surface area (Å²) in [7, 11) is -3.68. The number of hydrogen-bond donors (Lipinski definition) is 3. The van der Waals surface area contributed by atoms with Crippen LogP contribution in [-0.2, 0) is 21.4 Å². The van der Waals surface area contributed by atoms with Crippen molar-refractivity contribution in [1.29, 1.82) is 0 Å². The molecule has 0 radical (unpaired) electrons. The van der Waals surface area contributed by atoms with E-state index in [1.165, 1.54) is 6.07 Å². The van der Waals surface area contributed by atoms with E-state index in [2.05, 4.69) is 10.0 Å². The maximum absolute atomic E-state index is 13.8. The molecule has 0 aliphatic carbocycles. The van der Waals surface area contributed by atoms with Crippen LogP contribution in [0, 0.1) is 5.82 Å². The number of sulfonamides is 1. The SMILES string of the molecule is O=C(Nc1cc(NS(=O)(=O)CCCO)ccc1F)OCc1ccccc1. The summed E-state index contributed by atoms with van der Waals surface area (Å²) in [6.07, 6.45) is -0.791. The molecule has 9 heteroatoms. The molecular weight excluding hydrogens is 363 g/mol. The third kappa shape index (κ3) is 6.34. The minimum absolute atomic E-state index is 0.0156. The van der Waals surface area contributed by atoms with E-state index in [1.807, 2.05) is 6.07 Å². The van der Waals surface area contributed by atoms with Crippen LogP contribution in [0.15, 0.2) is 48.5 Å². The Morgan fingerprint density at radius 1 is 1.15 bits per heavy atom. The predicted molar refractivity (Wildman–Crippen MR) is 95.8 cm³/mol. The van der Waals surface area contributed by atoms with Crippen LogP contribution in [0.5, 0.6) is 0 Å². The summed E-state index contributed by atoms with van der Waals surface area (Å²) in [6, 6.07) is 12.4. The van der Waals surface area contributed by atoms with Crippen molar-refractivity contribution >= 4 is 27.5 Å². The van der Waals surface area contributed by atoms with Gasteiger partial charge in [-0.2, -0.15) is 0 Å². The smallest absolute Gasteiger partial charge is 0.412 e. The van der Waals surface area contributed by atoms with Crippen molar-refractivity contribution in [3.05, 3.63) is 59.9 Å². The molecule has 0 spiro atoms. The van der Waals surface area contributed by atoms with Crippen molar-refractivity contribution < 1.29 is 27.4 Å². The molecule has 0 aromatic heterocycles. The third-order valence-corrected chi connectivity index (χ3v) is 4.63. The largest absolute Gasteiger partial charge is 0.444 e. The number of carbonyl (C=O) groups is 1. The molecule has 0 aliphatic heterocycles. The van der Waals surface area contributed by atoms with Crippen LogP contribution in [0.2, 0.25) is 0 Å². The summed E-state index contributed by atoms with van der Waals surface area (Å²) in [4.78, 5) is 11.8. The summed E-state index contributed by atoms with van der Waals surface area (Å²) in [6.45, 7) is -0.244. The number of ether oxygens (including phenoxy) is 1. The Kier molecular flexibility index (Phi) is 6.93. The molecule has 0 heterocycles. The van der Waals surface area contributed by atoms with Crippen LogP contribution >= 0.6 is 0 Å². The van der Waals surface area contributed by atoms with E-state index < -0.39 is 21.9 Å². The van der Waals surface area contributed by atoms with E-state index >= 15 is 0 Å². The van der Waals surface area contributed by atoms with Crippen molar-refractivity contribution in [3.8, 4) is 0 Å². The van der Waals surface area contributed by atoms with Gasteiger partial charge in [-0.05, 0) is 30.2 Å². The molecule has 0 fully saturated rings. The number of rotatable bonds is 8. The predicted octanol–water partition coefficient (Wildman–Crippen LogP) is 2.70. The van der Waals surface area contributed by atoms with Crippen LogP contribution in [-0.4, -0.2) is 32.0 Å². The number of benzene rings is 2. The molecule has 26 heavy (non-hydrogen) atoms. The number of halogens is 1. The van der Waals surface area contributed by atoms with Gasteiger partial charge in [0.2, 0.25) is 10.0 Å². The number of anilines is 2. The molecule has 2 rings (SSSR count). The number of carbonyl (C=O) groups excluding carboxylic acids is 1. The Morgan fingerprint density at radius 3 is 2.58 bits per heavy atom. The molecule has 0 atom stereocenters. The Balaban J connectivity index is 1.99. The summed E-state index contributed by atoms with van der Waals surface area (Å²) in [5.41, 5.74) is 0.640. The highest BCUT2D eigenvalue weighted by atomic mass is 32.2. The Bertz CT molecular complexity index is 843. The van der Waals surface area contributed by atoms with Crippen LogP contribution in [0.3, 0.4) is 0 Å². The molecule has 0 unspecified atom stereocenters. The minimum atomic E-state index is -3.68. The van der Waals surface area contributed by atoms with E-state index in [0.29, 0.717) is 0 Å². The zero-order chi connectivity index (χ0) is 19.0. The summed E-state index contributed by atoms with van der Waals surface area (Å²) >= 11 is 0. The highest BCUT2D eigenvalue weighted by Crippen LogP contribution is 2.21. The average Bonchev–Trinajstić information content (AvgIpc) is 2.62. The van der Waals surface area contributed by atoms with Gasteiger partial charge in [0, 0.05) is 6.61 Å². The van der Waals surface area contributed by atoms with Gasteiger partial charge in [-0.1, -0.05) is 30.3 Å². The molecule has 140 valence electrons. The fourth-order valence-corrected chi connectivity index (χ4v) is 3.14. The van der Waals surface area contributed by atoms with Gasteiger partial charge >= 0.3 is 6.09 Å². The molecule has 2 aromatic rings. The van der Waals surface area contributed by atoms with Gasteiger partial charge < -0.3 is 9.84 Å². The molecule has 0 aliphatic rings. The first-order valence-corrected chi connectivity index (χ1v) is 9.43. The third-order valence-electron chi connectivity index (χ3n) is 3.26. The number of nitrogens with one attached hydrogen (secondary N) is 2. The van der Waals surface area contributed by atoms with E-state index in [-0.39, 0.29) is 36.8 Å². The topological polar surface area (TPSA) is 105 Å². The van der Waals surface area contributed by atoms with Gasteiger partial charge in [0.15, 0.2) is 0 Å².